The highest BCUT2D eigenvalue weighted by Crippen LogP contribution is 2.31. The van der Waals surface area contributed by atoms with Crippen molar-refractivity contribution in [3.05, 3.63) is 57.6 Å². The third kappa shape index (κ3) is 5.57. The first-order chi connectivity index (χ1) is 15.3. The summed E-state index contributed by atoms with van der Waals surface area (Å²) in [7, 11) is 0. The van der Waals surface area contributed by atoms with Crippen molar-refractivity contribution in [1.29, 1.82) is 0 Å². The molecule has 1 aliphatic rings. The molecule has 0 aliphatic carbocycles. The number of carbonyl (C=O) groups excluding carboxylic acids is 1. The van der Waals surface area contributed by atoms with Crippen molar-refractivity contribution in [3.63, 3.8) is 0 Å². The van der Waals surface area contributed by atoms with Crippen LogP contribution in [0.25, 0.3) is 0 Å². The molecule has 1 heterocycles. The number of rotatable bonds is 9. The SMILES string of the molecule is CC1=NN(CCCC(=O)O)C(=O)/C1=N\Nc1cccc(CCc2c(Cl)cccc2Cl)c1O. The van der Waals surface area contributed by atoms with Crippen LogP contribution in [-0.4, -0.2) is 45.1 Å². The van der Waals surface area contributed by atoms with Gasteiger partial charge in [-0.25, -0.2) is 5.01 Å². The normalized spacial score (nSPS) is 14.7. The number of aromatic hydroxyl groups is 1. The van der Waals surface area contributed by atoms with Gasteiger partial charge in [0.1, 0.15) is 5.75 Å². The molecule has 3 rings (SSSR count). The number of nitrogens with zero attached hydrogens (tertiary/aromatic N) is 3. The van der Waals surface area contributed by atoms with Crippen molar-refractivity contribution in [1.82, 2.24) is 5.01 Å². The number of hydrazone groups is 2. The molecule has 1 amide bonds. The zero-order valence-corrected chi connectivity index (χ0v) is 18.8. The Kier molecular flexibility index (Phi) is 7.71. The van der Waals surface area contributed by atoms with Crippen LogP contribution in [0.5, 0.6) is 5.75 Å². The van der Waals surface area contributed by atoms with Crippen molar-refractivity contribution in [3.8, 4) is 5.75 Å². The highest BCUT2D eigenvalue weighted by molar-refractivity contribution is 6.68. The van der Waals surface area contributed by atoms with E-state index < -0.39 is 11.9 Å². The number of phenolic OH excluding ortho intramolecular Hbond substituents is 1. The molecule has 32 heavy (non-hydrogen) atoms. The largest absolute Gasteiger partial charge is 0.505 e. The molecule has 0 unspecified atom stereocenters. The molecule has 0 spiro atoms. The summed E-state index contributed by atoms with van der Waals surface area (Å²) in [5.74, 6) is -1.34. The van der Waals surface area contributed by atoms with Gasteiger partial charge in [0.25, 0.3) is 5.91 Å². The van der Waals surface area contributed by atoms with E-state index in [9.17, 15) is 14.7 Å². The number of hydrogen-bond acceptors (Lipinski definition) is 6. The van der Waals surface area contributed by atoms with E-state index >= 15 is 0 Å². The van der Waals surface area contributed by atoms with Crippen molar-refractivity contribution in [2.45, 2.75) is 32.6 Å². The number of nitrogens with one attached hydrogen (secondary N) is 1. The Morgan fingerprint density at radius 3 is 2.53 bits per heavy atom. The molecule has 0 saturated heterocycles. The van der Waals surface area contributed by atoms with Gasteiger partial charge in [0.15, 0.2) is 5.71 Å². The third-order valence-corrected chi connectivity index (χ3v) is 5.63. The Labute approximate surface area is 195 Å². The third-order valence-electron chi connectivity index (χ3n) is 4.92. The highest BCUT2D eigenvalue weighted by atomic mass is 35.5. The van der Waals surface area contributed by atoms with E-state index in [1.54, 1.807) is 43.3 Å². The van der Waals surface area contributed by atoms with Gasteiger partial charge in [0, 0.05) is 23.0 Å². The van der Waals surface area contributed by atoms with E-state index in [4.69, 9.17) is 28.3 Å². The van der Waals surface area contributed by atoms with E-state index in [1.165, 1.54) is 5.01 Å². The number of hydrogen-bond donors (Lipinski definition) is 3. The molecule has 8 nitrogen and oxygen atoms in total. The van der Waals surface area contributed by atoms with Crippen LogP contribution in [0.1, 0.15) is 30.9 Å². The van der Waals surface area contributed by atoms with Crippen LogP contribution in [-0.2, 0) is 22.4 Å². The van der Waals surface area contributed by atoms with Gasteiger partial charge in [-0.1, -0.05) is 41.4 Å². The Balaban J connectivity index is 1.68. The van der Waals surface area contributed by atoms with Gasteiger partial charge in [-0.05, 0) is 55.5 Å². The number of halogens is 2. The molecule has 0 atom stereocenters. The van der Waals surface area contributed by atoms with Crippen LogP contribution >= 0.6 is 23.2 Å². The van der Waals surface area contributed by atoms with Gasteiger partial charge in [-0.2, -0.15) is 10.2 Å². The lowest BCUT2D eigenvalue weighted by molar-refractivity contribution is -0.137. The van der Waals surface area contributed by atoms with Crippen LogP contribution in [0.4, 0.5) is 5.69 Å². The first-order valence-corrected chi connectivity index (χ1v) is 10.7. The second kappa shape index (κ2) is 10.5. The van der Waals surface area contributed by atoms with Crippen LogP contribution in [0.3, 0.4) is 0 Å². The summed E-state index contributed by atoms with van der Waals surface area (Å²) < 4.78 is 0. The zero-order valence-electron chi connectivity index (χ0n) is 17.3. The Morgan fingerprint density at radius 1 is 1.16 bits per heavy atom. The number of anilines is 1. The molecule has 10 heteroatoms. The molecule has 0 saturated carbocycles. The minimum atomic E-state index is -0.930. The Hall–Kier alpha value is -3.10. The van der Waals surface area contributed by atoms with E-state index in [0.29, 0.717) is 39.8 Å². The lowest BCUT2D eigenvalue weighted by atomic mass is 10.0. The zero-order chi connectivity index (χ0) is 23.3. The fraction of sp³-hybridized carbons (Fsp3) is 0.273. The number of phenols is 1. The van der Waals surface area contributed by atoms with E-state index in [-0.39, 0.29) is 30.8 Å². The fourth-order valence-corrected chi connectivity index (χ4v) is 3.83. The minimum Gasteiger partial charge on any atom is -0.505 e. The highest BCUT2D eigenvalue weighted by Gasteiger charge is 2.29. The molecule has 0 fully saturated rings. The molecular formula is C22H22Cl2N4O4. The van der Waals surface area contributed by atoms with E-state index in [2.05, 4.69) is 15.6 Å². The summed E-state index contributed by atoms with van der Waals surface area (Å²) in [6.07, 6.45) is 1.28. The molecule has 0 radical (unpaired) electrons. The number of amides is 1. The van der Waals surface area contributed by atoms with Crippen molar-refractivity contribution < 1.29 is 19.8 Å². The van der Waals surface area contributed by atoms with Gasteiger partial charge >= 0.3 is 5.97 Å². The van der Waals surface area contributed by atoms with Gasteiger partial charge in [0.05, 0.1) is 11.4 Å². The van der Waals surface area contributed by atoms with Crippen molar-refractivity contribution in [2.75, 3.05) is 12.0 Å². The minimum absolute atomic E-state index is 0.0124. The predicted molar refractivity (Wildman–Crippen MR) is 125 cm³/mol. The summed E-state index contributed by atoms with van der Waals surface area (Å²) in [5, 5.41) is 30.0. The summed E-state index contributed by atoms with van der Waals surface area (Å²) in [4.78, 5) is 23.1. The average molecular weight is 477 g/mol. The molecule has 0 aromatic heterocycles. The Morgan fingerprint density at radius 2 is 1.84 bits per heavy atom. The van der Waals surface area contributed by atoms with Gasteiger partial charge in [-0.3, -0.25) is 15.0 Å². The molecule has 2 aromatic rings. The van der Waals surface area contributed by atoms with Gasteiger partial charge < -0.3 is 10.2 Å². The monoisotopic (exact) mass is 476 g/mol. The Bertz CT molecular complexity index is 1080. The standard InChI is InChI=1S/C22H22Cl2N4O4/c1-13-20(22(32)28(27-13)12-4-9-19(29)30)26-25-18-8-2-5-14(21(18)31)10-11-15-16(23)6-3-7-17(15)24/h2-3,5-8,25,31H,4,9-12H2,1H3,(H,29,30)/b26-20-. The number of carboxylic acid groups (broad SMARTS) is 1. The first kappa shape index (κ1) is 23.6. The summed E-state index contributed by atoms with van der Waals surface area (Å²) in [5.41, 5.74) is 5.06. The van der Waals surface area contributed by atoms with Crippen LogP contribution < -0.4 is 5.43 Å². The summed E-state index contributed by atoms with van der Waals surface area (Å²) in [6, 6.07) is 10.5. The van der Waals surface area contributed by atoms with E-state index in [1.807, 2.05) is 0 Å². The molecular weight excluding hydrogens is 455 g/mol. The number of para-hydroxylation sites is 1. The molecule has 3 N–H and O–H groups in total. The number of carboxylic acids is 1. The molecule has 168 valence electrons. The van der Waals surface area contributed by atoms with E-state index in [0.717, 1.165) is 5.56 Å². The quantitative estimate of drug-likeness (QED) is 0.367. The average Bonchev–Trinajstić information content (AvgIpc) is 3.00. The molecule has 0 bridgehead atoms. The van der Waals surface area contributed by atoms with Crippen molar-refractivity contribution >= 4 is 52.2 Å². The van der Waals surface area contributed by atoms with Gasteiger partial charge in [0.2, 0.25) is 0 Å². The second-order valence-electron chi connectivity index (χ2n) is 7.20. The maximum atomic E-state index is 12.5. The molecule has 2 aromatic carbocycles. The predicted octanol–water partition coefficient (Wildman–Crippen LogP) is 4.34. The topological polar surface area (TPSA) is 115 Å². The smallest absolute Gasteiger partial charge is 0.303 e. The second-order valence-corrected chi connectivity index (χ2v) is 8.01. The number of carbonyl (C=O) groups is 2. The number of aryl methyl sites for hydroxylation is 1. The number of aliphatic carboxylic acids is 1. The summed E-state index contributed by atoms with van der Waals surface area (Å²) in [6.45, 7) is 1.83. The summed E-state index contributed by atoms with van der Waals surface area (Å²) >= 11 is 12.4. The van der Waals surface area contributed by atoms with Gasteiger partial charge in [-0.15, -0.1) is 0 Å². The van der Waals surface area contributed by atoms with Crippen LogP contribution in [0.2, 0.25) is 10.0 Å². The lowest BCUT2D eigenvalue weighted by Gasteiger charge is -2.12. The lowest BCUT2D eigenvalue weighted by Crippen LogP contribution is -2.29. The molecule has 1 aliphatic heterocycles. The first-order valence-electron chi connectivity index (χ1n) is 9.94. The van der Waals surface area contributed by atoms with Crippen molar-refractivity contribution in [2.24, 2.45) is 10.2 Å². The maximum absolute atomic E-state index is 12.5. The fourth-order valence-electron chi connectivity index (χ4n) is 3.24. The number of benzene rings is 2. The van der Waals surface area contributed by atoms with Crippen LogP contribution in [0, 0.1) is 0 Å². The maximum Gasteiger partial charge on any atom is 0.303 e. The van der Waals surface area contributed by atoms with Crippen LogP contribution in [0.15, 0.2) is 46.6 Å².